The van der Waals surface area contributed by atoms with Crippen molar-refractivity contribution in [3.63, 3.8) is 0 Å². The van der Waals surface area contributed by atoms with Crippen LogP contribution in [0.2, 0.25) is 0 Å². The number of alkyl carbamates (subject to hydrolysis) is 1. The van der Waals surface area contributed by atoms with E-state index in [2.05, 4.69) is 34.8 Å². The Morgan fingerprint density at radius 2 is 1.90 bits per heavy atom. The number of hydrogen-bond acceptors (Lipinski definition) is 3. The molecule has 1 aliphatic carbocycles. The largest absolute Gasteiger partial charge is 0.450 e. The fraction of sp³-hybridized carbons (Fsp3) is 0.857. The highest BCUT2D eigenvalue weighted by molar-refractivity contribution is 14.0. The summed E-state index contributed by atoms with van der Waals surface area (Å²) in [5.41, 5.74) is 0. The van der Waals surface area contributed by atoms with E-state index >= 15 is 0 Å². The highest BCUT2D eigenvalue weighted by atomic mass is 127. The monoisotopic (exact) mass is 412 g/mol. The van der Waals surface area contributed by atoms with Crippen LogP contribution in [-0.4, -0.2) is 44.8 Å². The number of hydrogen-bond donors (Lipinski definition) is 3. The summed E-state index contributed by atoms with van der Waals surface area (Å²) < 4.78 is 4.94. The fourth-order valence-corrected chi connectivity index (χ4v) is 1.89. The minimum absolute atomic E-state index is 0. The second-order valence-corrected chi connectivity index (χ2v) is 5.54. The van der Waals surface area contributed by atoms with Crippen LogP contribution in [0.5, 0.6) is 0 Å². The predicted octanol–water partition coefficient (Wildman–Crippen LogP) is 1.95. The highest BCUT2D eigenvalue weighted by Crippen LogP contribution is 2.32. The summed E-state index contributed by atoms with van der Waals surface area (Å²) in [6.07, 6.45) is 1.99. The number of rotatable bonds is 7. The van der Waals surface area contributed by atoms with E-state index in [0.29, 0.717) is 25.0 Å². The third kappa shape index (κ3) is 9.00. The molecule has 6 nitrogen and oxygen atoms in total. The van der Waals surface area contributed by atoms with Crippen molar-refractivity contribution < 1.29 is 9.53 Å². The Bertz CT molecular complexity index is 333. The molecule has 1 rings (SSSR count). The number of carbonyl (C=O) groups excluding carboxylic acids is 1. The Balaban J connectivity index is 0.00000400. The number of aliphatic imine (C=N–C) groups is 1. The maximum Gasteiger partial charge on any atom is 0.407 e. The van der Waals surface area contributed by atoms with Crippen molar-refractivity contribution in [3.05, 3.63) is 0 Å². The first-order chi connectivity index (χ1) is 9.56. The van der Waals surface area contributed by atoms with Crippen LogP contribution in [0.3, 0.4) is 0 Å². The van der Waals surface area contributed by atoms with Gasteiger partial charge < -0.3 is 20.7 Å². The molecule has 0 aromatic carbocycles. The minimum atomic E-state index is -0.337. The Morgan fingerprint density at radius 1 is 1.29 bits per heavy atom. The van der Waals surface area contributed by atoms with E-state index in [-0.39, 0.29) is 36.1 Å². The van der Waals surface area contributed by atoms with Gasteiger partial charge in [0.25, 0.3) is 0 Å². The van der Waals surface area contributed by atoms with Gasteiger partial charge in [-0.25, -0.2) is 4.79 Å². The minimum Gasteiger partial charge on any atom is -0.450 e. The molecule has 0 saturated heterocycles. The molecule has 1 atom stereocenters. The summed E-state index contributed by atoms with van der Waals surface area (Å²) in [5, 5.41) is 9.44. The third-order valence-electron chi connectivity index (χ3n) is 3.16. The van der Waals surface area contributed by atoms with Gasteiger partial charge in [-0.1, -0.05) is 13.8 Å². The zero-order valence-electron chi connectivity index (χ0n) is 13.4. The van der Waals surface area contributed by atoms with Crippen molar-refractivity contribution >= 4 is 36.0 Å². The lowest BCUT2D eigenvalue weighted by Crippen LogP contribution is -2.48. The van der Waals surface area contributed by atoms with Crippen LogP contribution >= 0.6 is 24.0 Å². The summed E-state index contributed by atoms with van der Waals surface area (Å²) in [5.74, 6) is 1.88. The molecule has 1 aliphatic rings. The number of guanidine groups is 1. The van der Waals surface area contributed by atoms with Crippen LogP contribution in [0.25, 0.3) is 0 Å². The van der Waals surface area contributed by atoms with Gasteiger partial charge in [-0.3, -0.25) is 4.99 Å². The predicted molar refractivity (Wildman–Crippen MR) is 96.3 cm³/mol. The maximum atomic E-state index is 11.5. The molecule has 0 aliphatic heterocycles. The zero-order chi connectivity index (χ0) is 15.0. The van der Waals surface area contributed by atoms with Gasteiger partial charge in [-0.2, -0.15) is 0 Å². The molecule has 0 aromatic rings. The lowest BCUT2D eigenvalue weighted by atomic mass is 10.2. The first-order valence-corrected chi connectivity index (χ1v) is 7.44. The van der Waals surface area contributed by atoms with Gasteiger partial charge in [0.15, 0.2) is 5.96 Å². The SMILES string of the molecule is CCOC(=O)NC(CNC(=NC)NCC(C)C)C1CC1.I. The summed E-state index contributed by atoms with van der Waals surface area (Å²) in [7, 11) is 1.75. The van der Waals surface area contributed by atoms with Gasteiger partial charge in [0.05, 0.1) is 12.6 Å². The molecule has 3 N–H and O–H groups in total. The molecule has 21 heavy (non-hydrogen) atoms. The summed E-state index contributed by atoms with van der Waals surface area (Å²) in [6.45, 7) is 8.04. The zero-order valence-corrected chi connectivity index (χ0v) is 15.8. The molecule has 0 bridgehead atoms. The molecule has 0 aromatic heterocycles. The Morgan fingerprint density at radius 3 is 2.38 bits per heavy atom. The van der Waals surface area contributed by atoms with Crippen LogP contribution in [0.15, 0.2) is 4.99 Å². The Hall–Kier alpha value is -0.730. The topological polar surface area (TPSA) is 74.8 Å². The quantitative estimate of drug-likeness (QED) is 0.340. The molecule has 1 fully saturated rings. The number of nitrogens with one attached hydrogen (secondary N) is 3. The van der Waals surface area contributed by atoms with Gasteiger partial charge in [0.1, 0.15) is 0 Å². The second kappa shape index (κ2) is 10.9. The molecule has 0 heterocycles. The molecule has 0 radical (unpaired) electrons. The van der Waals surface area contributed by atoms with Gasteiger partial charge in [-0.05, 0) is 31.6 Å². The second-order valence-electron chi connectivity index (χ2n) is 5.54. The molecule has 7 heteroatoms. The first kappa shape index (κ1) is 20.3. The molecule has 1 unspecified atom stereocenters. The third-order valence-corrected chi connectivity index (χ3v) is 3.16. The van der Waals surface area contributed by atoms with E-state index in [4.69, 9.17) is 4.74 Å². The van der Waals surface area contributed by atoms with E-state index in [1.807, 2.05) is 6.92 Å². The Kier molecular flexibility index (Phi) is 10.5. The van der Waals surface area contributed by atoms with Crippen LogP contribution in [0, 0.1) is 11.8 Å². The van der Waals surface area contributed by atoms with Crippen LogP contribution < -0.4 is 16.0 Å². The summed E-state index contributed by atoms with van der Waals surface area (Å²) in [6, 6.07) is 0.103. The number of amides is 1. The van der Waals surface area contributed by atoms with Crippen molar-refractivity contribution in [2.45, 2.75) is 39.7 Å². The van der Waals surface area contributed by atoms with Crippen LogP contribution in [0.4, 0.5) is 4.79 Å². The standard InChI is InChI=1S/C14H28N4O2.HI/c1-5-20-14(19)18-12(11-6-7-11)9-17-13(15-4)16-8-10(2)3;/h10-12H,5-9H2,1-4H3,(H,18,19)(H2,15,16,17);1H. The summed E-state index contributed by atoms with van der Waals surface area (Å²) >= 11 is 0. The fourth-order valence-electron chi connectivity index (χ4n) is 1.89. The average molecular weight is 412 g/mol. The van der Waals surface area contributed by atoms with E-state index in [0.717, 1.165) is 25.3 Å². The van der Waals surface area contributed by atoms with E-state index in [1.165, 1.54) is 0 Å². The molecular formula is C14H29IN4O2. The molecule has 1 amide bonds. The van der Waals surface area contributed by atoms with Crippen LogP contribution in [-0.2, 0) is 4.74 Å². The summed E-state index contributed by atoms with van der Waals surface area (Å²) in [4.78, 5) is 15.7. The van der Waals surface area contributed by atoms with Crippen molar-refractivity contribution in [2.24, 2.45) is 16.8 Å². The molecule has 0 spiro atoms. The van der Waals surface area contributed by atoms with Gasteiger partial charge in [0, 0.05) is 20.1 Å². The van der Waals surface area contributed by atoms with Crippen molar-refractivity contribution in [2.75, 3.05) is 26.7 Å². The lowest BCUT2D eigenvalue weighted by Gasteiger charge is -2.20. The number of nitrogens with zero attached hydrogens (tertiary/aromatic N) is 1. The van der Waals surface area contributed by atoms with E-state index in [1.54, 1.807) is 7.05 Å². The van der Waals surface area contributed by atoms with Gasteiger partial charge >= 0.3 is 6.09 Å². The van der Waals surface area contributed by atoms with Crippen molar-refractivity contribution in [1.82, 2.24) is 16.0 Å². The van der Waals surface area contributed by atoms with Crippen molar-refractivity contribution in [3.8, 4) is 0 Å². The lowest BCUT2D eigenvalue weighted by molar-refractivity contribution is 0.146. The average Bonchev–Trinajstić information content (AvgIpc) is 3.21. The number of halogens is 1. The maximum absolute atomic E-state index is 11.5. The number of carbonyl (C=O) groups is 1. The molecule has 1 saturated carbocycles. The van der Waals surface area contributed by atoms with Crippen molar-refractivity contribution in [1.29, 1.82) is 0 Å². The first-order valence-electron chi connectivity index (χ1n) is 7.44. The highest BCUT2D eigenvalue weighted by Gasteiger charge is 2.32. The molecule has 124 valence electrons. The van der Waals surface area contributed by atoms with E-state index < -0.39 is 0 Å². The normalized spacial score (nSPS) is 16.0. The van der Waals surface area contributed by atoms with Crippen LogP contribution in [0.1, 0.15) is 33.6 Å². The van der Waals surface area contributed by atoms with Gasteiger partial charge in [0.2, 0.25) is 0 Å². The Labute approximate surface area is 144 Å². The van der Waals surface area contributed by atoms with Gasteiger partial charge in [-0.15, -0.1) is 24.0 Å². The molecular weight excluding hydrogens is 383 g/mol. The van der Waals surface area contributed by atoms with E-state index in [9.17, 15) is 4.79 Å². The smallest absolute Gasteiger partial charge is 0.407 e. The number of ether oxygens (including phenoxy) is 1.